The number of aldehydes is 1. The number of allylic oxidation sites excluding steroid dienone is 2. The van der Waals surface area contributed by atoms with E-state index in [1.54, 1.807) is 0 Å². The summed E-state index contributed by atoms with van der Waals surface area (Å²) in [4.78, 5) is 10.3. The van der Waals surface area contributed by atoms with E-state index in [0.717, 1.165) is 19.1 Å². The Morgan fingerprint density at radius 2 is 1.81 bits per heavy atom. The van der Waals surface area contributed by atoms with Crippen molar-refractivity contribution >= 4 is 33.5 Å². The molecule has 1 fully saturated rings. The van der Waals surface area contributed by atoms with Gasteiger partial charge in [0.05, 0.1) is 11.7 Å². The van der Waals surface area contributed by atoms with Crippen LogP contribution in [0, 0.1) is 22.7 Å². The molecular formula is C22H40Br2O2Zn. The number of epoxide rings is 1. The van der Waals surface area contributed by atoms with Gasteiger partial charge in [0.15, 0.2) is 0 Å². The molecule has 0 aromatic carbocycles. The topological polar surface area (TPSA) is 29.6 Å². The van der Waals surface area contributed by atoms with Crippen molar-refractivity contribution in [2.45, 2.75) is 99.7 Å². The van der Waals surface area contributed by atoms with E-state index in [1.165, 1.54) is 12.0 Å². The normalized spacial score (nSPS) is 29.2. The monoisotopic (exact) mass is 558 g/mol. The molecule has 0 saturated carbocycles. The first-order chi connectivity index (χ1) is 12.4. The zero-order valence-electron chi connectivity index (χ0n) is 19.0. The molecule has 0 amide bonds. The van der Waals surface area contributed by atoms with Gasteiger partial charge in [-0.05, 0) is 55.8 Å². The number of hydrogen-bond donors (Lipinski definition) is 0. The number of rotatable bonds is 5. The van der Waals surface area contributed by atoms with Gasteiger partial charge in [-0.2, -0.15) is 0 Å². The molecule has 5 heteroatoms. The van der Waals surface area contributed by atoms with Gasteiger partial charge in [-0.15, -0.1) is 0 Å². The Bertz CT molecular complexity index is 485. The van der Waals surface area contributed by atoms with Gasteiger partial charge in [-0.25, -0.2) is 0 Å². The third-order valence-corrected chi connectivity index (χ3v) is 6.62. The Morgan fingerprint density at radius 3 is 2.07 bits per heavy atom. The van der Waals surface area contributed by atoms with Gasteiger partial charge in [0.2, 0.25) is 0 Å². The van der Waals surface area contributed by atoms with Crippen LogP contribution < -0.4 is 0 Å². The zero-order valence-corrected chi connectivity index (χ0v) is 25.1. The van der Waals surface area contributed by atoms with Crippen molar-refractivity contribution in [3.05, 3.63) is 11.6 Å². The van der Waals surface area contributed by atoms with Gasteiger partial charge in [-0.3, -0.25) is 0 Å². The van der Waals surface area contributed by atoms with Crippen LogP contribution in [-0.4, -0.2) is 18.0 Å². The first kappa shape index (κ1) is 28.0. The molecule has 2 nitrogen and oxygen atoms in total. The van der Waals surface area contributed by atoms with E-state index >= 15 is 0 Å². The van der Waals surface area contributed by atoms with E-state index in [0.29, 0.717) is 29.8 Å². The van der Waals surface area contributed by atoms with E-state index in [1.807, 2.05) is 0 Å². The summed E-state index contributed by atoms with van der Waals surface area (Å²) >= 11 is 6.25. The van der Waals surface area contributed by atoms with Crippen LogP contribution in [0.5, 0.6) is 0 Å². The van der Waals surface area contributed by atoms with Gasteiger partial charge in [0, 0.05) is 6.42 Å². The summed E-state index contributed by atoms with van der Waals surface area (Å²) in [6.45, 7) is 20.3. The van der Waals surface area contributed by atoms with Gasteiger partial charge in [0.1, 0.15) is 6.29 Å². The van der Waals surface area contributed by atoms with Crippen molar-refractivity contribution in [2.24, 2.45) is 22.7 Å². The first-order valence-electron chi connectivity index (χ1n) is 10.3. The SMILES string of the molecule is CC1=CCC(CC=O)C1(C)C.CCC1OC1(C)C(CC)C(C)(C)C.[Br][Zn][Br]. The zero-order chi connectivity index (χ0) is 21.5. The predicted octanol–water partition coefficient (Wildman–Crippen LogP) is 7.88. The van der Waals surface area contributed by atoms with Crippen LogP contribution in [0.15, 0.2) is 11.6 Å². The van der Waals surface area contributed by atoms with Crippen molar-refractivity contribution < 1.29 is 22.7 Å². The maximum absolute atomic E-state index is 10.3. The summed E-state index contributed by atoms with van der Waals surface area (Å²) in [6.07, 6.45) is 7.97. The van der Waals surface area contributed by atoms with E-state index in [-0.39, 0.29) is 24.2 Å². The van der Waals surface area contributed by atoms with Gasteiger partial charge < -0.3 is 9.53 Å². The fourth-order valence-corrected chi connectivity index (χ4v) is 4.65. The molecular weight excluding hydrogens is 521 g/mol. The second kappa shape index (κ2) is 12.0. The van der Waals surface area contributed by atoms with Crippen molar-refractivity contribution in [1.82, 2.24) is 0 Å². The summed E-state index contributed by atoms with van der Waals surface area (Å²) in [5, 5.41) is 0. The van der Waals surface area contributed by atoms with E-state index in [4.69, 9.17) is 4.74 Å². The van der Waals surface area contributed by atoms with E-state index in [9.17, 15) is 4.79 Å². The van der Waals surface area contributed by atoms with Crippen molar-refractivity contribution in [2.75, 3.05) is 0 Å². The Morgan fingerprint density at radius 1 is 1.30 bits per heavy atom. The number of carbonyl (C=O) groups is 1. The van der Waals surface area contributed by atoms with Crippen molar-refractivity contribution in [1.29, 1.82) is 0 Å². The molecule has 2 aliphatic rings. The second-order valence-electron chi connectivity index (χ2n) is 9.57. The second-order valence-corrected chi connectivity index (χ2v) is 23.6. The fourth-order valence-electron chi connectivity index (χ4n) is 4.65. The quantitative estimate of drug-likeness (QED) is 0.148. The number of ether oxygens (including phenoxy) is 1. The number of carbonyl (C=O) groups excluding carboxylic acids is 1. The number of hydrogen-bond acceptors (Lipinski definition) is 2. The Balaban J connectivity index is 0.000000442. The van der Waals surface area contributed by atoms with E-state index in [2.05, 4.69) is 95.6 Å². The molecule has 0 spiro atoms. The molecule has 0 N–H and O–H groups in total. The molecule has 27 heavy (non-hydrogen) atoms. The third-order valence-electron chi connectivity index (χ3n) is 6.62. The van der Waals surface area contributed by atoms with Crippen LogP contribution in [0.25, 0.3) is 0 Å². The van der Waals surface area contributed by atoms with E-state index < -0.39 is 0 Å². The molecule has 0 radical (unpaired) electrons. The minimum absolute atomic E-state index is 0.168. The molecule has 1 saturated heterocycles. The summed E-state index contributed by atoms with van der Waals surface area (Å²) in [5.41, 5.74) is 2.22. The predicted molar refractivity (Wildman–Crippen MR) is 121 cm³/mol. The maximum atomic E-state index is 10.3. The molecule has 0 aromatic rings. The number of halogens is 2. The van der Waals surface area contributed by atoms with Crippen LogP contribution in [0.3, 0.4) is 0 Å². The van der Waals surface area contributed by atoms with Crippen LogP contribution in [-0.2, 0) is 22.7 Å². The average molecular weight is 562 g/mol. The molecule has 1 heterocycles. The molecule has 0 aromatic heterocycles. The standard InChI is InChI=1S/C12H24O.C10H16O.2BrH.Zn/c1-7-9(11(3,4)5)12(6)10(8-2)13-12;1-8-4-5-9(6-7-11)10(8,2)3;;;/h9-10H,7-8H2,1-6H3;4,7,9H,5-6H2,1-3H3;2*1H;/q;;;;+2/p-2. The fraction of sp³-hybridized carbons (Fsp3) is 0.864. The van der Waals surface area contributed by atoms with Crippen LogP contribution >= 0.6 is 27.2 Å². The Kier molecular flexibility index (Phi) is 12.4. The van der Waals surface area contributed by atoms with Gasteiger partial charge in [0.25, 0.3) is 0 Å². The van der Waals surface area contributed by atoms with Crippen LogP contribution in [0.4, 0.5) is 0 Å². The summed E-state index contributed by atoms with van der Waals surface area (Å²) < 4.78 is 5.83. The van der Waals surface area contributed by atoms with Gasteiger partial charge >= 0.3 is 40.5 Å². The van der Waals surface area contributed by atoms with Crippen molar-refractivity contribution in [3.8, 4) is 0 Å². The van der Waals surface area contributed by atoms with Crippen molar-refractivity contribution in [3.63, 3.8) is 0 Å². The first-order valence-corrected chi connectivity index (χ1v) is 24.2. The summed E-state index contributed by atoms with van der Waals surface area (Å²) in [7, 11) is 0. The average Bonchev–Trinajstić information content (AvgIpc) is 3.14. The Hall–Kier alpha value is 0.953. The molecule has 2 rings (SSSR count). The Labute approximate surface area is 189 Å². The molecule has 156 valence electrons. The molecule has 4 unspecified atom stereocenters. The van der Waals surface area contributed by atoms with Crippen LogP contribution in [0.1, 0.15) is 88.0 Å². The minimum atomic E-state index is -0.250. The molecule has 0 bridgehead atoms. The molecule has 4 atom stereocenters. The molecule has 1 aliphatic carbocycles. The third kappa shape index (κ3) is 7.95. The summed E-state index contributed by atoms with van der Waals surface area (Å²) in [5.74, 6) is 1.23. The summed E-state index contributed by atoms with van der Waals surface area (Å²) in [6, 6.07) is 0. The van der Waals surface area contributed by atoms with Crippen LogP contribution in [0.2, 0.25) is 0 Å². The van der Waals surface area contributed by atoms with Gasteiger partial charge in [-0.1, -0.05) is 60.1 Å². The molecule has 1 aliphatic heterocycles.